The molecule has 1 aromatic rings. The Bertz CT molecular complexity index is 762. The van der Waals surface area contributed by atoms with Crippen LogP contribution in [-0.2, 0) is 14.3 Å². The number of aliphatic hydroxyl groups excluding tert-OH is 1. The molecule has 1 N–H and O–H groups in total. The minimum absolute atomic E-state index is 0.00808. The summed E-state index contributed by atoms with van der Waals surface area (Å²) >= 11 is 0. The van der Waals surface area contributed by atoms with Crippen molar-refractivity contribution in [1.82, 2.24) is 0 Å². The third kappa shape index (κ3) is 1.88. The summed E-state index contributed by atoms with van der Waals surface area (Å²) < 4.78 is 17.8. The van der Waals surface area contributed by atoms with Crippen LogP contribution >= 0.6 is 0 Å². The zero-order valence-electron chi connectivity index (χ0n) is 15.5. The van der Waals surface area contributed by atoms with E-state index in [0.29, 0.717) is 11.3 Å². The molecule has 2 aliphatic carbocycles. The number of aryl methyl sites for hydroxylation is 1. The molecule has 1 saturated heterocycles. The number of aliphatic hydroxyl groups is 1. The number of furan rings is 1. The van der Waals surface area contributed by atoms with Gasteiger partial charge < -0.3 is 19.0 Å². The number of rotatable bonds is 2. The third-order valence-electron chi connectivity index (χ3n) is 6.98. The molecule has 0 unspecified atom stereocenters. The Morgan fingerprint density at radius 1 is 1.44 bits per heavy atom. The molecule has 0 radical (unpaired) electrons. The van der Waals surface area contributed by atoms with Gasteiger partial charge in [0, 0.05) is 16.6 Å². The van der Waals surface area contributed by atoms with Crippen LogP contribution in [0.5, 0.6) is 0 Å². The van der Waals surface area contributed by atoms with Gasteiger partial charge in [0.2, 0.25) is 0 Å². The van der Waals surface area contributed by atoms with Gasteiger partial charge in [-0.3, -0.25) is 0 Å². The van der Waals surface area contributed by atoms with Crippen molar-refractivity contribution in [1.29, 1.82) is 0 Å². The highest BCUT2D eigenvalue weighted by Crippen LogP contribution is 2.73. The molecule has 5 heteroatoms. The molecule has 136 valence electrons. The van der Waals surface area contributed by atoms with Gasteiger partial charge in [0.1, 0.15) is 23.6 Å². The van der Waals surface area contributed by atoms with Crippen LogP contribution < -0.4 is 0 Å². The highest BCUT2D eigenvalue weighted by Gasteiger charge is 2.79. The monoisotopic (exact) mass is 346 g/mol. The summed E-state index contributed by atoms with van der Waals surface area (Å²) in [4.78, 5) is 12.6. The molecule has 2 fully saturated rings. The Labute approximate surface area is 148 Å². The van der Waals surface area contributed by atoms with Crippen LogP contribution in [0.4, 0.5) is 0 Å². The highest BCUT2D eigenvalue weighted by atomic mass is 16.6. The van der Waals surface area contributed by atoms with Crippen LogP contribution in [0.15, 0.2) is 22.3 Å². The fraction of sp³-hybridized carbons (Fsp3) is 0.650. The van der Waals surface area contributed by atoms with Crippen molar-refractivity contribution in [3.05, 3.63) is 34.8 Å². The number of epoxide rings is 1. The fourth-order valence-corrected chi connectivity index (χ4v) is 5.05. The molecule has 6 atom stereocenters. The first-order chi connectivity index (χ1) is 11.8. The van der Waals surface area contributed by atoms with Gasteiger partial charge in [-0.25, -0.2) is 4.79 Å². The maximum absolute atomic E-state index is 12.6. The molecule has 1 saturated carbocycles. The van der Waals surface area contributed by atoms with Crippen molar-refractivity contribution in [3.63, 3.8) is 0 Å². The van der Waals surface area contributed by atoms with Gasteiger partial charge >= 0.3 is 5.97 Å². The Morgan fingerprint density at radius 3 is 2.84 bits per heavy atom. The number of allylic oxidation sites excluding steroid dienone is 1. The van der Waals surface area contributed by atoms with E-state index < -0.39 is 23.2 Å². The number of hydrogen-bond donors (Lipinski definition) is 1. The number of carbonyl (C=O) groups excluding carboxylic acids is 1. The molecule has 0 amide bonds. The van der Waals surface area contributed by atoms with Crippen molar-refractivity contribution in [2.45, 2.75) is 71.4 Å². The highest BCUT2D eigenvalue weighted by molar-refractivity contribution is 5.88. The second kappa shape index (κ2) is 5.21. The molecular formula is C20H26O5. The predicted octanol–water partition coefficient (Wildman–Crippen LogP) is 3.76. The van der Waals surface area contributed by atoms with E-state index in [2.05, 4.69) is 13.8 Å². The molecule has 0 bridgehead atoms. The van der Waals surface area contributed by atoms with E-state index in [0.717, 1.165) is 24.0 Å². The lowest BCUT2D eigenvalue weighted by Gasteiger charge is -2.52. The Balaban J connectivity index is 1.88. The first-order valence-electron chi connectivity index (χ1n) is 9.06. The first-order valence-corrected chi connectivity index (χ1v) is 9.06. The minimum atomic E-state index is -0.827. The summed E-state index contributed by atoms with van der Waals surface area (Å²) in [5, 5.41) is 11.1. The normalized spacial score (nSPS) is 42.2. The van der Waals surface area contributed by atoms with Crippen molar-refractivity contribution in [2.24, 2.45) is 11.3 Å². The molecule has 3 aliphatic rings. The van der Waals surface area contributed by atoms with E-state index in [9.17, 15) is 9.90 Å². The van der Waals surface area contributed by atoms with E-state index in [-0.39, 0.29) is 18.0 Å². The van der Waals surface area contributed by atoms with Crippen molar-refractivity contribution in [3.8, 4) is 0 Å². The van der Waals surface area contributed by atoms with Gasteiger partial charge in [-0.15, -0.1) is 0 Å². The van der Waals surface area contributed by atoms with E-state index in [4.69, 9.17) is 13.9 Å². The lowest BCUT2D eigenvalue weighted by molar-refractivity contribution is -0.176. The Morgan fingerprint density at radius 2 is 2.16 bits per heavy atom. The van der Waals surface area contributed by atoms with E-state index >= 15 is 0 Å². The molecule has 2 heterocycles. The van der Waals surface area contributed by atoms with Gasteiger partial charge in [-0.05, 0) is 45.1 Å². The molecule has 1 aliphatic heterocycles. The van der Waals surface area contributed by atoms with Crippen LogP contribution in [0.1, 0.15) is 69.6 Å². The second-order valence-electron chi connectivity index (χ2n) is 8.02. The second-order valence-corrected chi connectivity index (χ2v) is 8.02. The Hall–Kier alpha value is -1.59. The first kappa shape index (κ1) is 16.9. The number of esters is 1. The standard InChI is InChI=1S/C20H26O5/c1-6-10(2)18(22)24-17-14-11(3)9-23-15(14)16(21)20-13(25-20)8-7-12(4)19(17,20)5/h6,9,12-13,16-17,21H,7-8H2,1-5H3/b10-6-/t12-,13+,16-,17+,19-,20-/m0/s1. The topological polar surface area (TPSA) is 72.2 Å². The van der Waals surface area contributed by atoms with Crippen LogP contribution in [0, 0.1) is 18.3 Å². The third-order valence-corrected chi connectivity index (χ3v) is 6.98. The summed E-state index contributed by atoms with van der Waals surface area (Å²) in [6, 6.07) is 0. The average Bonchev–Trinajstić information content (AvgIpc) is 3.23. The van der Waals surface area contributed by atoms with Crippen LogP contribution in [-0.4, -0.2) is 22.8 Å². The summed E-state index contributed by atoms with van der Waals surface area (Å²) in [7, 11) is 0. The van der Waals surface area contributed by atoms with Crippen molar-refractivity contribution >= 4 is 5.97 Å². The van der Waals surface area contributed by atoms with Gasteiger partial charge in [0.25, 0.3) is 0 Å². The lowest BCUT2D eigenvalue weighted by atomic mass is 9.53. The molecule has 0 aromatic carbocycles. The number of hydrogen-bond acceptors (Lipinski definition) is 5. The molecule has 1 spiro atoms. The van der Waals surface area contributed by atoms with Gasteiger partial charge in [-0.1, -0.05) is 19.9 Å². The van der Waals surface area contributed by atoms with Gasteiger partial charge in [0.05, 0.1) is 12.4 Å². The quantitative estimate of drug-likeness (QED) is 0.501. The van der Waals surface area contributed by atoms with Crippen molar-refractivity contribution in [2.75, 3.05) is 0 Å². The van der Waals surface area contributed by atoms with Crippen LogP contribution in [0.3, 0.4) is 0 Å². The van der Waals surface area contributed by atoms with Crippen molar-refractivity contribution < 1.29 is 23.8 Å². The molecule has 25 heavy (non-hydrogen) atoms. The molecule has 5 nitrogen and oxygen atoms in total. The van der Waals surface area contributed by atoms with E-state index in [1.54, 1.807) is 19.3 Å². The summed E-state index contributed by atoms with van der Waals surface area (Å²) in [5.74, 6) is 0.399. The summed E-state index contributed by atoms with van der Waals surface area (Å²) in [6.45, 7) is 9.76. The molecular weight excluding hydrogens is 320 g/mol. The maximum atomic E-state index is 12.6. The molecule has 4 rings (SSSR count). The fourth-order valence-electron chi connectivity index (χ4n) is 5.05. The SMILES string of the molecule is C/C=C(/C)C(=O)O[C@@H]1c2c(C)coc2[C@H](O)[C@@]23O[C@@H]2CC[C@H](C)[C@@]13C. The van der Waals surface area contributed by atoms with E-state index in [1.807, 2.05) is 13.8 Å². The van der Waals surface area contributed by atoms with Crippen LogP contribution in [0.2, 0.25) is 0 Å². The largest absolute Gasteiger partial charge is 0.466 e. The Kier molecular flexibility index (Phi) is 3.51. The number of ether oxygens (including phenoxy) is 2. The maximum Gasteiger partial charge on any atom is 0.334 e. The molecule has 1 aromatic heterocycles. The summed E-state index contributed by atoms with van der Waals surface area (Å²) in [6.07, 6.45) is 3.96. The van der Waals surface area contributed by atoms with Crippen LogP contribution in [0.25, 0.3) is 0 Å². The zero-order chi connectivity index (χ0) is 18.1. The van der Waals surface area contributed by atoms with Gasteiger partial charge in [-0.2, -0.15) is 0 Å². The number of carbonyl (C=O) groups is 1. The zero-order valence-corrected chi connectivity index (χ0v) is 15.5. The van der Waals surface area contributed by atoms with Gasteiger partial charge in [0.15, 0.2) is 0 Å². The number of fused-ring (bicyclic) bond motifs is 1. The summed E-state index contributed by atoms with van der Waals surface area (Å²) in [5.41, 5.74) is 1.05. The smallest absolute Gasteiger partial charge is 0.334 e. The van der Waals surface area contributed by atoms with E-state index in [1.165, 1.54) is 0 Å². The lowest BCUT2D eigenvalue weighted by Crippen LogP contribution is -2.56. The average molecular weight is 346 g/mol. The predicted molar refractivity (Wildman–Crippen MR) is 90.8 cm³/mol. The minimum Gasteiger partial charge on any atom is -0.466 e.